The molecule has 1 saturated carbocycles. The molecule has 1 aromatic carbocycles. The minimum atomic E-state index is -0.262. The van der Waals surface area contributed by atoms with E-state index < -0.39 is 0 Å². The van der Waals surface area contributed by atoms with E-state index in [-0.39, 0.29) is 17.6 Å². The van der Waals surface area contributed by atoms with Crippen molar-refractivity contribution < 1.29 is 9.18 Å². The van der Waals surface area contributed by atoms with Crippen molar-refractivity contribution in [1.29, 1.82) is 0 Å². The smallest absolute Gasteiger partial charge is 0.223 e. The van der Waals surface area contributed by atoms with Crippen LogP contribution in [-0.2, 0) is 4.79 Å². The van der Waals surface area contributed by atoms with E-state index in [1.165, 1.54) is 12.1 Å². The number of aromatic nitrogens is 2. The van der Waals surface area contributed by atoms with Crippen molar-refractivity contribution in [3.63, 3.8) is 0 Å². The van der Waals surface area contributed by atoms with Crippen molar-refractivity contribution in [2.75, 3.05) is 18.0 Å². The Kier molecular flexibility index (Phi) is 4.34. The first-order valence-corrected chi connectivity index (χ1v) is 8.84. The van der Waals surface area contributed by atoms with Gasteiger partial charge in [0.2, 0.25) is 5.91 Å². The van der Waals surface area contributed by atoms with E-state index in [1.54, 1.807) is 12.1 Å². The summed E-state index contributed by atoms with van der Waals surface area (Å²) in [6.07, 6.45) is 3.95. The predicted octanol–water partition coefficient (Wildman–Crippen LogP) is 2.78. The highest BCUT2D eigenvalue weighted by molar-refractivity contribution is 5.79. The molecule has 25 heavy (non-hydrogen) atoms. The topological polar surface area (TPSA) is 58.1 Å². The molecule has 1 N–H and O–H groups in total. The lowest BCUT2D eigenvalue weighted by atomic mass is 9.96. The molecule has 130 valence electrons. The lowest BCUT2D eigenvalue weighted by Gasteiger charge is -2.31. The van der Waals surface area contributed by atoms with Gasteiger partial charge in [0.1, 0.15) is 5.82 Å². The molecule has 0 bridgehead atoms. The molecule has 0 atom stereocenters. The van der Waals surface area contributed by atoms with Crippen LogP contribution in [0, 0.1) is 11.7 Å². The Balaban J connectivity index is 1.36. The molecular weight excluding hydrogens is 319 g/mol. The molecule has 0 unspecified atom stereocenters. The van der Waals surface area contributed by atoms with Gasteiger partial charge in [-0.3, -0.25) is 4.79 Å². The van der Waals surface area contributed by atoms with Crippen LogP contribution in [0.4, 0.5) is 10.2 Å². The number of halogens is 1. The molecule has 2 heterocycles. The van der Waals surface area contributed by atoms with Gasteiger partial charge in [-0.2, -0.15) is 0 Å². The summed E-state index contributed by atoms with van der Waals surface area (Å²) < 4.78 is 13.0. The van der Waals surface area contributed by atoms with Crippen molar-refractivity contribution in [3.8, 4) is 11.3 Å². The van der Waals surface area contributed by atoms with Crippen molar-refractivity contribution >= 4 is 11.7 Å². The van der Waals surface area contributed by atoms with Crippen molar-refractivity contribution in [2.24, 2.45) is 5.92 Å². The summed E-state index contributed by atoms with van der Waals surface area (Å²) in [7, 11) is 0. The monoisotopic (exact) mass is 340 g/mol. The third-order valence-electron chi connectivity index (χ3n) is 4.90. The van der Waals surface area contributed by atoms with Crippen LogP contribution in [0.1, 0.15) is 25.7 Å². The van der Waals surface area contributed by atoms with Gasteiger partial charge in [0, 0.05) is 30.6 Å². The standard InChI is InChI=1S/C19H21FN4O/c20-15-3-1-13(2-4-15)17-7-8-18(23-22-17)24-11-9-14(10-12-24)19(25)21-16-5-6-16/h1-4,7-8,14,16H,5-6,9-12H2,(H,21,25). The molecule has 0 spiro atoms. The molecular formula is C19H21FN4O. The molecule has 0 radical (unpaired) electrons. The normalized spacial score (nSPS) is 18.2. The van der Waals surface area contributed by atoms with E-state index in [4.69, 9.17) is 0 Å². The number of piperidine rings is 1. The number of carbonyl (C=O) groups is 1. The molecule has 4 rings (SSSR count). The largest absolute Gasteiger partial charge is 0.355 e. The van der Waals surface area contributed by atoms with E-state index in [9.17, 15) is 9.18 Å². The number of nitrogens with zero attached hydrogens (tertiary/aromatic N) is 3. The summed E-state index contributed by atoms with van der Waals surface area (Å²) in [6.45, 7) is 1.63. The highest BCUT2D eigenvalue weighted by atomic mass is 19.1. The lowest BCUT2D eigenvalue weighted by Crippen LogP contribution is -2.41. The van der Waals surface area contributed by atoms with E-state index in [1.807, 2.05) is 12.1 Å². The first-order valence-electron chi connectivity index (χ1n) is 8.84. The Bertz CT molecular complexity index is 735. The number of nitrogens with one attached hydrogen (secondary N) is 1. The first-order chi connectivity index (χ1) is 12.2. The third kappa shape index (κ3) is 3.78. The maximum Gasteiger partial charge on any atom is 0.223 e. The minimum Gasteiger partial charge on any atom is -0.355 e. The van der Waals surface area contributed by atoms with Crippen LogP contribution in [-0.4, -0.2) is 35.2 Å². The van der Waals surface area contributed by atoms with Gasteiger partial charge in [0.05, 0.1) is 5.69 Å². The molecule has 5 nitrogen and oxygen atoms in total. The number of anilines is 1. The fourth-order valence-electron chi connectivity index (χ4n) is 3.19. The number of rotatable bonds is 4. The van der Waals surface area contributed by atoms with Crippen LogP contribution in [0.2, 0.25) is 0 Å². The summed E-state index contributed by atoms with van der Waals surface area (Å²) >= 11 is 0. The highest BCUT2D eigenvalue weighted by Crippen LogP contribution is 2.25. The zero-order chi connectivity index (χ0) is 17.2. The van der Waals surface area contributed by atoms with Gasteiger partial charge in [-0.15, -0.1) is 10.2 Å². The summed E-state index contributed by atoms with van der Waals surface area (Å²) in [5.41, 5.74) is 1.57. The van der Waals surface area contributed by atoms with Crippen molar-refractivity contribution in [2.45, 2.75) is 31.7 Å². The number of hydrogen-bond acceptors (Lipinski definition) is 4. The molecule has 1 amide bonds. The third-order valence-corrected chi connectivity index (χ3v) is 4.90. The summed E-state index contributed by atoms with van der Waals surface area (Å²) in [6, 6.07) is 10.5. The van der Waals surface area contributed by atoms with Gasteiger partial charge in [0.25, 0.3) is 0 Å². The van der Waals surface area contributed by atoms with Crippen LogP contribution in [0.3, 0.4) is 0 Å². The van der Waals surface area contributed by atoms with Crippen LogP contribution >= 0.6 is 0 Å². The lowest BCUT2D eigenvalue weighted by molar-refractivity contribution is -0.125. The molecule has 1 aromatic heterocycles. The average Bonchev–Trinajstić information content (AvgIpc) is 3.47. The number of hydrogen-bond donors (Lipinski definition) is 1. The van der Waals surface area contributed by atoms with E-state index in [2.05, 4.69) is 20.4 Å². The van der Waals surface area contributed by atoms with Gasteiger partial charge in [-0.05, 0) is 62.1 Å². The van der Waals surface area contributed by atoms with Crippen LogP contribution in [0.15, 0.2) is 36.4 Å². The second-order valence-electron chi connectivity index (χ2n) is 6.83. The predicted molar refractivity (Wildman–Crippen MR) is 93.5 cm³/mol. The fourth-order valence-corrected chi connectivity index (χ4v) is 3.19. The van der Waals surface area contributed by atoms with Gasteiger partial charge in [-0.25, -0.2) is 4.39 Å². The van der Waals surface area contributed by atoms with Crippen molar-refractivity contribution in [1.82, 2.24) is 15.5 Å². The number of benzene rings is 1. The highest BCUT2D eigenvalue weighted by Gasteiger charge is 2.30. The van der Waals surface area contributed by atoms with Crippen LogP contribution < -0.4 is 10.2 Å². The molecule has 2 aliphatic rings. The van der Waals surface area contributed by atoms with Gasteiger partial charge >= 0.3 is 0 Å². The maximum absolute atomic E-state index is 13.0. The van der Waals surface area contributed by atoms with E-state index in [0.29, 0.717) is 6.04 Å². The van der Waals surface area contributed by atoms with Gasteiger partial charge in [0.15, 0.2) is 5.82 Å². The van der Waals surface area contributed by atoms with Crippen LogP contribution in [0.5, 0.6) is 0 Å². The Hall–Kier alpha value is -2.50. The Morgan fingerprint density at radius 3 is 2.32 bits per heavy atom. The quantitative estimate of drug-likeness (QED) is 0.930. The molecule has 6 heteroatoms. The van der Waals surface area contributed by atoms with Crippen LogP contribution in [0.25, 0.3) is 11.3 Å². The summed E-state index contributed by atoms with van der Waals surface area (Å²) in [5.74, 6) is 0.886. The van der Waals surface area contributed by atoms with E-state index >= 15 is 0 Å². The Morgan fingerprint density at radius 1 is 1.00 bits per heavy atom. The summed E-state index contributed by atoms with van der Waals surface area (Å²) in [4.78, 5) is 14.3. The zero-order valence-electron chi connectivity index (χ0n) is 14.0. The molecule has 1 saturated heterocycles. The van der Waals surface area contributed by atoms with Crippen molar-refractivity contribution in [3.05, 3.63) is 42.2 Å². The number of carbonyl (C=O) groups excluding carboxylic acids is 1. The van der Waals surface area contributed by atoms with Gasteiger partial charge in [-0.1, -0.05) is 0 Å². The summed E-state index contributed by atoms with van der Waals surface area (Å²) in [5, 5.41) is 11.7. The van der Waals surface area contributed by atoms with E-state index in [0.717, 1.165) is 55.8 Å². The molecule has 2 fully saturated rings. The SMILES string of the molecule is O=C(NC1CC1)C1CCN(c2ccc(-c3ccc(F)cc3)nn2)CC1. The second kappa shape index (κ2) is 6.78. The maximum atomic E-state index is 13.0. The Morgan fingerprint density at radius 2 is 1.72 bits per heavy atom. The Labute approximate surface area is 146 Å². The minimum absolute atomic E-state index is 0.114. The number of amides is 1. The molecule has 2 aromatic rings. The fraction of sp³-hybridized carbons (Fsp3) is 0.421. The molecule has 1 aliphatic carbocycles. The second-order valence-corrected chi connectivity index (χ2v) is 6.83. The first kappa shape index (κ1) is 16.0. The average molecular weight is 340 g/mol. The zero-order valence-corrected chi connectivity index (χ0v) is 14.0. The van der Waals surface area contributed by atoms with Gasteiger partial charge < -0.3 is 10.2 Å². The molecule has 1 aliphatic heterocycles.